The van der Waals surface area contributed by atoms with Crippen molar-refractivity contribution in [3.63, 3.8) is 0 Å². The molecule has 2 rings (SSSR count). The first-order valence-corrected chi connectivity index (χ1v) is 6.89. The minimum Gasteiger partial charge on any atom is -0.497 e. The van der Waals surface area contributed by atoms with Gasteiger partial charge < -0.3 is 9.47 Å². The zero-order valence-corrected chi connectivity index (χ0v) is 12.8. The van der Waals surface area contributed by atoms with Gasteiger partial charge >= 0.3 is 0 Å². The highest BCUT2D eigenvalue weighted by molar-refractivity contribution is 6.35. The summed E-state index contributed by atoms with van der Waals surface area (Å²) in [6, 6.07) is 11.2. The molecular weight excluding hydrogens is 295 g/mol. The van der Waals surface area contributed by atoms with E-state index >= 15 is 0 Å². The van der Waals surface area contributed by atoms with Crippen LogP contribution in [0.25, 0.3) is 0 Å². The largest absolute Gasteiger partial charge is 0.497 e. The van der Waals surface area contributed by atoms with Gasteiger partial charge in [-0.25, -0.2) is 0 Å². The van der Waals surface area contributed by atoms with Crippen molar-refractivity contribution >= 4 is 23.2 Å². The monoisotopic (exact) mass is 309 g/mol. The molecule has 0 aliphatic heterocycles. The predicted octanol–water partition coefficient (Wildman–Crippen LogP) is 4.81. The van der Waals surface area contributed by atoms with Crippen LogP contribution in [0.2, 0.25) is 10.0 Å². The Morgan fingerprint density at radius 2 is 1.80 bits per heavy atom. The van der Waals surface area contributed by atoms with Gasteiger partial charge in [0.15, 0.2) is 0 Å². The van der Waals surface area contributed by atoms with Gasteiger partial charge in [0, 0.05) is 16.1 Å². The maximum atomic E-state index is 6.16. The van der Waals surface area contributed by atoms with E-state index in [9.17, 15) is 0 Å². The molecule has 4 heteroatoms. The van der Waals surface area contributed by atoms with Crippen LogP contribution in [-0.4, -0.2) is 14.2 Å². The van der Waals surface area contributed by atoms with Crippen LogP contribution in [0.5, 0.6) is 11.5 Å². The van der Waals surface area contributed by atoms with Gasteiger partial charge in [0.2, 0.25) is 0 Å². The van der Waals surface area contributed by atoms with Crippen molar-refractivity contribution in [3.8, 4) is 11.5 Å². The molecule has 2 nitrogen and oxygen atoms in total. The van der Waals surface area contributed by atoms with E-state index in [4.69, 9.17) is 32.7 Å². The van der Waals surface area contributed by atoms with Gasteiger partial charge in [-0.3, -0.25) is 0 Å². The van der Waals surface area contributed by atoms with Crippen LogP contribution in [0.4, 0.5) is 0 Å². The van der Waals surface area contributed by atoms with Crippen molar-refractivity contribution in [2.45, 2.75) is 6.42 Å². The van der Waals surface area contributed by atoms with Crippen LogP contribution < -0.4 is 9.47 Å². The number of hydrogen-bond donors (Lipinski definition) is 0. The second-order valence-corrected chi connectivity index (χ2v) is 5.10. The summed E-state index contributed by atoms with van der Waals surface area (Å²) in [5.74, 6) is 1.54. The summed E-state index contributed by atoms with van der Waals surface area (Å²) < 4.78 is 10.5. The van der Waals surface area contributed by atoms with E-state index < -0.39 is 0 Å². The minimum atomic E-state index is 0.640. The highest BCUT2D eigenvalue weighted by Gasteiger charge is 2.07. The first kappa shape index (κ1) is 15.0. The number of methoxy groups -OCH3 is 2. The number of rotatable bonds is 5. The zero-order chi connectivity index (χ0) is 14.5. The Bertz CT molecular complexity index is 597. The molecule has 105 valence electrons. The van der Waals surface area contributed by atoms with Crippen molar-refractivity contribution in [1.82, 2.24) is 0 Å². The van der Waals surface area contributed by atoms with Crippen LogP contribution in [0.3, 0.4) is 0 Å². The molecule has 0 bridgehead atoms. The first-order chi connectivity index (χ1) is 9.63. The normalized spacial score (nSPS) is 10.4. The summed E-state index contributed by atoms with van der Waals surface area (Å²) in [6.07, 6.45) is 2.77. The van der Waals surface area contributed by atoms with Crippen molar-refractivity contribution < 1.29 is 9.47 Å². The molecule has 0 N–H and O–H groups in total. The molecule has 0 aromatic heterocycles. The summed E-state index contributed by atoms with van der Waals surface area (Å²) in [7, 11) is 3.27. The molecule has 0 atom stereocenters. The Morgan fingerprint density at radius 3 is 2.45 bits per heavy atom. The molecule has 0 aliphatic rings. The maximum Gasteiger partial charge on any atom is 0.126 e. The van der Waals surface area contributed by atoms with Crippen LogP contribution in [-0.2, 0) is 6.42 Å². The van der Waals surface area contributed by atoms with Crippen LogP contribution >= 0.6 is 23.2 Å². The molecule has 0 amide bonds. The molecular formula is C16H15Cl2O2. The molecule has 0 saturated carbocycles. The molecule has 0 saturated heterocycles. The van der Waals surface area contributed by atoms with E-state index in [1.54, 1.807) is 20.3 Å². The minimum absolute atomic E-state index is 0.640. The van der Waals surface area contributed by atoms with Crippen LogP contribution in [0.1, 0.15) is 11.1 Å². The summed E-state index contributed by atoms with van der Waals surface area (Å²) in [5.41, 5.74) is 2.02. The highest BCUT2D eigenvalue weighted by atomic mass is 35.5. The third-order valence-corrected chi connectivity index (χ3v) is 3.58. The molecule has 20 heavy (non-hydrogen) atoms. The topological polar surface area (TPSA) is 18.5 Å². The lowest BCUT2D eigenvalue weighted by Crippen LogP contribution is -1.95. The quantitative estimate of drug-likeness (QED) is 0.789. The fourth-order valence-electron chi connectivity index (χ4n) is 1.89. The lowest BCUT2D eigenvalue weighted by atomic mass is 10.0. The molecule has 0 unspecified atom stereocenters. The summed E-state index contributed by atoms with van der Waals surface area (Å²) in [6.45, 7) is 0. The Balaban J connectivity index is 2.14. The summed E-state index contributed by atoms with van der Waals surface area (Å²) >= 11 is 12.0. The van der Waals surface area contributed by atoms with E-state index in [-0.39, 0.29) is 0 Å². The molecule has 0 heterocycles. The van der Waals surface area contributed by atoms with Gasteiger partial charge in [0.05, 0.1) is 14.2 Å². The fraction of sp³-hybridized carbons (Fsp3) is 0.188. The Kier molecular flexibility index (Phi) is 5.16. The Morgan fingerprint density at radius 1 is 1.00 bits per heavy atom. The molecule has 2 aromatic carbocycles. The van der Waals surface area contributed by atoms with Crippen LogP contribution in [0.15, 0.2) is 36.4 Å². The van der Waals surface area contributed by atoms with Gasteiger partial charge in [-0.05, 0) is 42.2 Å². The number of hydrogen-bond acceptors (Lipinski definition) is 2. The first-order valence-electron chi connectivity index (χ1n) is 6.13. The second-order valence-electron chi connectivity index (χ2n) is 4.25. The zero-order valence-electron chi connectivity index (χ0n) is 11.3. The summed E-state index contributed by atoms with van der Waals surface area (Å²) in [5, 5.41) is 1.31. The van der Waals surface area contributed by atoms with Gasteiger partial charge in [0.1, 0.15) is 11.5 Å². The number of ether oxygens (including phenoxy) is 2. The highest BCUT2D eigenvalue weighted by Crippen LogP contribution is 2.28. The van der Waals surface area contributed by atoms with Gasteiger partial charge in [-0.1, -0.05) is 35.3 Å². The predicted molar refractivity (Wildman–Crippen MR) is 83.1 cm³/mol. The van der Waals surface area contributed by atoms with Crippen molar-refractivity contribution in [2.75, 3.05) is 14.2 Å². The SMILES string of the molecule is COc1ccc([CH]Cc2ccc(Cl)cc2Cl)c(OC)c1. The third kappa shape index (κ3) is 3.59. The molecule has 0 fully saturated rings. The van der Waals surface area contributed by atoms with Crippen molar-refractivity contribution in [3.05, 3.63) is 64.0 Å². The molecule has 0 spiro atoms. The van der Waals surface area contributed by atoms with E-state index in [2.05, 4.69) is 6.42 Å². The number of benzene rings is 2. The van der Waals surface area contributed by atoms with Crippen molar-refractivity contribution in [2.24, 2.45) is 0 Å². The smallest absolute Gasteiger partial charge is 0.126 e. The second kappa shape index (κ2) is 6.87. The summed E-state index contributed by atoms with van der Waals surface area (Å²) in [4.78, 5) is 0. The third-order valence-electron chi connectivity index (χ3n) is 3.00. The standard InChI is InChI=1S/C16H15Cl2O2/c1-19-14-8-6-12(16(10-14)20-2)4-3-11-5-7-13(17)9-15(11)18/h4-10H,3H2,1-2H3. The molecule has 1 radical (unpaired) electrons. The van der Waals surface area contributed by atoms with Gasteiger partial charge in [0.25, 0.3) is 0 Å². The maximum absolute atomic E-state index is 6.16. The Labute approximate surface area is 129 Å². The van der Waals surface area contributed by atoms with Crippen LogP contribution in [0, 0.1) is 6.42 Å². The van der Waals surface area contributed by atoms with Gasteiger partial charge in [-0.15, -0.1) is 0 Å². The van der Waals surface area contributed by atoms with E-state index in [1.165, 1.54) is 0 Å². The Hall–Kier alpha value is -1.38. The molecule has 0 aliphatic carbocycles. The average Bonchev–Trinajstić information content (AvgIpc) is 2.46. The average molecular weight is 310 g/mol. The van der Waals surface area contributed by atoms with Gasteiger partial charge in [-0.2, -0.15) is 0 Å². The fourth-order valence-corrected chi connectivity index (χ4v) is 2.38. The van der Waals surface area contributed by atoms with Crippen molar-refractivity contribution in [1.29, 1.82) is 0 Å². The molecule has 2 aromatic rings. The lowest BCUT2D eigenvalue weighted by Gasteiger charge is -2.10. The van der Waals surface area contributed by atoms with E-state index in [0.29, 0.717) is 16.5 Å². The number of halogens is 2. The lowest BCUT2D eigenvalue weighted by molar-refractivity contribution is 0.392. The van der Waals surface area contributed by atoms with E-state index in [1.807, 2.05) is 30.3 Å². The van der Waals surface area contributed by atoms with E-state index in [0.717, 1.165) is 22.6 Å².